The molecule has 2 rings (SSSR count). The summed E-state index contributed by atoms with van der Waals surface area (Å²) >= 11 is 3.38. The molecular formula is C19H22BrN3O4. The molecule has 0 unspecified atom stereocenters. The summed E-state index contributed by atoms with van der Waals surface area (Å²) < 4.78 is 11.8. The molecule has 2 aromatic rings. The summed E-state index contributed by atoms with van der Waals surface area (Å²) in [6, 6.07) is 11.8. The summed E-state index contributed by atoms with van der Waals surface area (Å²) in [6.07, 6.45) is 0. The summed E-state index contributed by atoms with van der Waals surface area (Å²) in [7, 11) is 0. The number of ether oxygens (including phenoxy) is 2. The van der Waals surface area contributed by atoms with Gasteiger partial charge in [0.25, 0.3) is 0 Å². The van der Waals surface area contributed by atoms with Gasteiger partial charge in [-0.05, 0) is 54.0 Å². The Bertz CT molecular complexity index is 798. The van der Waals surface area contributed by atoms with Gasteiger partial charge in [0.05, 0.1) is 19.8 Å². The topological polar surface area (TPSA) is 88.7 Å². The molecule has 0 atom stereocenters. The fraction of sp³-hybridized carbons (Fsp3) is 0.263. The molecule has 0 fully saturated rings. The molecule has 7 nitrogen and oxygen atoms in total. The second-order valence-corrected chi connectivity index (χ2v) is 6.22. The first-order chi connectivity index (χ1) is 13.0. The molecule has 0 spiro atoms. The van der Waals surface area contributed by atoms with Crippen LogP contribution >= 0.6 is 15.9 Å². The minimum Gasteiger partial charge on any atom is -0.490 e. The predicted octanol–water partition coefficient (Wildman–Crippen LogP) is 4.01. The highest BCUT2D eigenvalue weighted by molar-refractivity contribution is 9.10. The van der Waals surface area contributed by atoms with Gasteiger partial charge in [0.1, 0.15) is 0 Å². The molecule has 8 heteroatoms. The van der Waals surface area contributed by atoms with E-state index in [2.05, 4.69) is 31.9 Å². The molecule has 27 heavy (non-hydrogen) atoms. The largest absolute Gasteiger partial charge is 0.490 e. The highest BCUT2D eigenvalue weighted by Crippen LogP contribution is 2.30. The molecule has 0 aliphatic carbocycles. The Balaban J connectivity index is 1.90. The van der Waals surface area contributed by atoms with Crippen LogP contribution in [0.25, 0.3) is 0 Å². The molecule has 0 bridgehead atoms. The molecule has 0 radical (unpaired) electrons. The Morgan fingerprint density at radius 1 is 1.00 bits per heavy atom. The maximum Gasteiger partial charge on any atom is 0.325 e. The first-order valence-corrected chi connectivity index (χ1v) is 9.31. The van der Waals surface area contributed by atoms with Crippen LogP contribution in [-0.4, -0.2) is 31.7 Å². The van der Waals surface area contributed by atoms with Crippen molar-refractivity contribution in [3.05, 3.63) is 46.9 Å². The highest BCUT2D eigenvalue weighted by atomic mass is 79.9. The van der Waals surface area contributed by atoms with Crippen molar-refractivity contribution in [2.75, 3.05) is 30.4 Å². The number of para-hydroxylation sites is 1. The Morgan fingerprint density at radius 2 is 1.70 bits per heavy atom. The number of carbonyl (C=O) groups is 2. The van der Waals surface area contributed by atoms with Crippen LogP contribution in [0.4, 0.5) is 16.2 Å². The van der Waals surface area contributed by atoms with Gasteiger partial charge in [-0.1, -0.05) is 12.1 Å². The monoisotopic (exact) mass is 435 g/mol. The summed E-state index contributed by atoms with van der Waals surface area (Å²) in [4.78, 5) is 24.0. The number of carbonyl (C=O) groups excluding carboxylic acids is 2. The van der Waals surface area contributed by atoms with E-state index in [1.807, 2.05) is 38.1 Å². The van der Waals surface area contributed by atoms with Crippen LogP contribution in [0.5, 0.6) is 11.5 Å². The van der Waals surface area contributed by atoms with Crippen LogP contribution in [0.3, 0.4) is 0 Å². The molecule has 2 aromatic carbocycles. The molecule has 3 N–H and O–H groups in total. The number of anilines is 2. The van der Waals surface area contributed by atoms with Crippen molar-refractivity contribution in [1.82, 2.24) is 5.32 Å². The smallest absolute Gasteiger partial charge is 0.325 e. The normalized spacial score (nSPS) is 10.0. The van der Waals surface area contributed by atoms with Crippen LogP contribution in [0, 0.1) is 0 Å². The maximum absolute atomic E-state index is 12.0. The average Bonchev–Trinajstić information content (AvgIpc) is 2.63. The minimum absolute atomic E-state index is 0.0382. The summed E-state index contributed by atoms with van der Waals surface area (Å²) in [5.74, 6) is 0.664. The van der Waals surface area contributed by atoms with Gasteiger partial charge in [-0.15, -0.1) is 0 Å². The minimum atomic E-state index is -0.625. The summed E-state index contributed by atoms with van der Waals surface area (Å²) in [5, 5.41) is 7.83. The lowest BCUT2D eigenvalue weighted by Crippen LogP contribution is -2.38. The predicted molar refractivity (Wildman–Crippen MR) is 109 cm³/mol. The fourth-order valence-corrected chi connectivity index (χ4v) is 2.67. The number of hydrogen-bond donors (Lipinski definition) is 3. The van der Waals surface area contributed by atoms with Gasteiger partial charge in [-0.2, -0.15) is 0 Å². The van der Waals surface area contributed by atoms with E-state index in [1.165, 1.54) is 0 Å². The van der Waals surface area contributed by atoms with Gasteiger partial charge in [0.2, 0.25) is 5.91 Å². The third kappa shape index (κ3) is 6.49. The van der Waals surface area contributed by atoms with E-state index in [-0.39, 0.29) is 6.54 Å². The van der Waals surface area contributed by atoms with Gasteiger partial charge >= 0.3 is 6.03 Å². The molecule has 0 aliphatic heterocycles. The molecule has 0 aliphatic rings. The Hall–Kier alpha value is -2.74. The summed E-state index contributed by atoms with van der Waals surface area (Å²) in [5.41, 5.74) is 1.26. The molecule has 0 aromatic heterocycles. The van der Waals surface area contributed by atoms with Crippen molar-refractivity contribution in [2.24, 2.45) is 0 Å². The van der Waals surface area contributed by atoms with Crippen LogP contribution in [0.2, 0.25) is 0 Å². The standard InChI is InChI=1S/C19H22BrN3O4/c1-3-26-16-10-9-13(11-17(16)27-4-2)22-19(25)23-18(24)12-21-15-8-6-5-7-14(15)20/h5-11,21H,3-4,12H2,1-2H3,(H2,22,23,24,25). The van der Waals surface area contributed by atoms with E-state index >= 15 is 0 Å². The number of hydrogen-bond acceptors (Lipinski definition) is 5. The third-order valence-corrected chi connectivity index (χ3v) is 4.06. The van der Waals surface area contributed by atoms with E-state index in [9.17, 15) is 9.59 Å². The number of rotatable bonds is 8. The van der Waals surface area contributed by atoms with E-state index < -0.39 is 11.9 Å². The molecule has 0 saturated carbocycles. The van der Waals surface area contributed by atoms with E-state index in [0.717, 1.165) is 10.2 Å². The van der Waals surface area contributed by atoms with Crippen molar-refractivity contribution in [3.8, 4) is 11.5 Å². The number of nitrogens with one attached hydrogen (secondary N) is 3. The number of amides is 3. The van der Waals surface area contributed by atoms with Gasteiger partial charge in [0.15, 0.2) is 11.5 Å². The summed E-state index contributed by atoms with van der Waals surface area (Å²) in [6.45, 7) is 4.67. The zero-order valence-electron chi connectivity index (χ0n) is 15.2. The number of urea groups is 1. The first kappa shape index (κ1) is 20.6. The Labute approximate surface area is 166 Å². The van der Waals surface area contributed by atoms with Crippen molar-refractivity contribution in [1.29, 1.82) is 0 Å². The molecule has 144 valence electrons. The second kappa shape index (κ2) is 10.4. The van der Waals surface area contributed by atoms with E-state index in [4.69, 9.17) is 9.47 Å². The molecular weight excluding hydrogens is 414 g/mol. The van der Waals surface area contributed by atoms with Crippen molar-refractivity contribution in [2.45, 2.75) is 13.8 Å². The Morgan fingerprint density at radius 3 is 2.41 bits per heavy atom. The second-order valence-electron chi connectivity index (χ2n) is 5.36. The Kier molecular flexibility index (Phi) is 7.94. The SMILES string of the molecule is CCOc1ccc(NC(=O)NC(=O)CNc2ccccc2Br)cc1OCC. The lowest BCUT2D eigenvalue weighted by Gasteiger charge is -2.13. The van der Waals surface area contributed by atoms with E-state index in [0.29, 0.717) is 30.4 Å². The van der Waals surface area contributed by atoms with Gasteiger partial charge in [-0.3, -0.25) is 10.1 Å². The zero-order valence-corrected chi connectivity index (χ0v) is 16.8. The maximum atomic E-state index is 12.0. The molecule has 0 heterocycles. The molecule has 0 saturated heterocycles. The number of halogens is 1. The number of imide groups is 1. The van der Waals surface area contributed by atoms with E-state index in [1.54, 1.807) is 18.2 Å². The van der Waals surface area contributed by atoms with Crippen molar-refractivity contribution < 1.29 is 19.1 Å². The fourth-order valence-electron chi connectivity index (χ4n) is 2.24. The van der Waals surface area contributed by atoms with Crippen LogP contribution < -0.4 is 25.4 Å². The third-order valence-electron chi connectivity index (χ3n) is 3.37. The molecule has 3 amide bonds. The van der Waals surface area contributed by atoms with Gasteiger partial charge < -0.3 is 20.1 Å². The van der Waals surface area contributed by atoms with Gasteiger partial charge in [0, 0.05) is 21.9 Å². The van der Waals surface area contributed by atoms with Crippen molar-refractivity contribution >= 4 is 39.2 Å². The quantitative estimate of drug-likeness (QED) is 0.582. The van der Waals surface area contributed by atoms with Crippen LogP contribution in [0.15, 0.2) is 46.9 Å². The van der Waals surface area contributed by atoms with Crippen LogP contribution in [-0.2, 0) is 4.79 Å². The highest BCUT2D eigenvalue weighted by Gasteiger charge is 2.11. The average molecular weight is 436 g/mol. The van der Waals surface area contributed by atoms with Crippen molar-refractivity contribution in [3.63, 3.8) is 0 Å². The number of benzene rings is 2. The first-order valence-electron chi connectivity index (χ1n) is 8.52. The van der Waals surface area contributed by atoms with Crippen LogP contribution in [0.1, 0.15) is 13.8 Å². The zero-order chi connectivity index (χ0) is 19.6. The van der Waals surface area contributed by atoms with Gasteiger partial charge in [-0.25, -0.2) is 4.79 Å². The lowest BCUT2D eigenvalue weighted by atomic mass is 10.2. The lowest BCUT2D eigenvalue weighted by molar-refractivity contribution is -0.118.